The zero-order chi connectivity index (χ0) is 13.8. The first-order valence-corrected chi connectivity index (χ1v) is 7.21. The summed E-state index contributed by atoms with van der Waals surface area (Å²) in [5.74, 6) is 0.309. The van der Waals surface area contributed by atoms with Crippen molar-refractivity contribution < 1.29 is 4.79 Å². The highest BCUT2D eigenvalue weighted by Gasteiger charge is 2.27. The van der Waals surface area contributed by atoms with E-state index >= 15 is 0 Å². The van der Waals surface area contributed by atoms with Crippen molar-refractivity contribution in [1.82, 2.24) is 10.2 Å². The van der Waals surface area contributed by atoms with Crippen molar-refractivity contribution in [3.8, 4) is 0 Å². The molecule has 1 saturated heterocycles. The smallest absolute Gasteiger partial charge is 0.227 e. The molecule has 1 aliphatic rings. The van der Waals surface area contributed by atoms with Gasteiger partial charge in [-0.1, -0.05) is 29.8 Å². The summed E-state index contributed by atoms with van der Waals surface area (Å²) in [5, 5.41) is 4.01. The molecule has 1 amide bonds. The summed E-state index contributed by atoms with van der Waals surface area (Å²) < 4.78 is 0. The number of nitrogens with zero attached hydrogens (tertiary/aromatic N) is 1. The van der Waals surface area contributed by atoms with E-state index in [1.807, 2.05) is 43.1 Å². The minimum Gasteiger partial charge on any atom is -0.339 e. The number of benzene rings is 1. The van der Waals surface area contributed by atoms with Crippen LogP contribution in [0.15, 0.2) is 24.3 Å². The summed E-state index contributed by atoms with van der Waals surface area (Å²) in [6.45, 7) is 3.83. The molecular formula is C15H21ClN2O. The Kier molecular flexibility index (Phi) is 4.83. The van der Waals surface area contributed by atoms with Crippen molar-refractivity contribution in [1.29, 1.82) is 0 Å². The standard InChI is InChI=1S/C15H21ClN2O/c1-11(13-7-3-4-8-14(13)16)18(2)15(19)12-6-5-9-17-10-12/h3-4,7-8,11-12,17H,5-6,9-10H2,1-2H3/t11-,12-/m1/s1. The molecular weight excluding hydrogens is 260 g/mol. The van der Waals surface area contributed by atoms with Gasteiger partial charge in [0.1, 0.15) is 0 Å². The number of halogens is 1. The van der Waals surface area contributed by atoms with Crippen LogP contribution in [0.4, 0.5) is 0 Å². The highest BCUT2D eigenvalue weighted by atomic mass is 35.5. The van der Waals surface area contributed by atoms with Crippen LogP contribution in [0, 0.1) is 5.92 Å². The van der Waals surface area contributed by atoms with Crippen LogP contribution in [-0.2, 0) is 4.79 Å². The fraction of sp³-hybridized carbons (Fsp3) is 0.533. The predicted octanol–water partition coefficient (Wildman–Crippen LogP) is 2.86. The van der Waals surface area contributed by atoms with Gasteiger partial charge in [-0.25, -0.2) is 0 Å². The topological polar surface area (TPSA) is 32.3 Å². The second-order valence-corrected chi connectivity index (χ2v) is 5.60. The van der Waals surface area contributed by atoms with Crippen LogP contribution in [0.5, 0.6) is 0 Å². The Hall–Kier alpha value is -1.06. The minimum atomic E-state index is 0.00289. The first-order valence-electron chi connectivity index (χ1n) is 6.83. The molecule has 1 aromatic carbocycles. The van der Waals surface area contributed by atoms with E-state index in [4.69, 9.17) is 11.6 Å². The molecule has 19 heavy (non-hydrogen) atoms. The highest BCUT2D eigenvalue weighted by molar-refractivity contribution is 6.31. The molecule has 1 N–H and O–H groups in total. The lowest BCUT2D eigenvalue weighted by Gasteiger charge is -2.31. The molecule has 0 aromatic heterocycles. The van der Waals surface area contributed by atoms with Crippen LogP contribution in [0.1, 0.15) is 31.4 Å². The average molecular weight is 281 g/mol. The third-order valence-electron chi connectivity index (χ3n) is 3.93. The summed E-state index contributed by atoms with van der Waals surface area (Å²) >= 11 is 6.20. The number of hydrogen-bond donors (Lipinski definition) is 1. The number of rotatable bonds is 3. The zero-order valence-electron chi connectivity index (χ0n) is 11.5. The monoisotopic (exact) mass is 280 g/mol. The van der Waals surface area contributed by atoms with Gasteiger partial charge in [0.25, 0.3) is 0 Å². The number of carbonyl (C=O) groups excluding carboxylic acids is 1. The molecule has 0 spiro atoms. The number of piperidine rings is 1. The maximum Gasteiger partial charge on any atom is 0.227 e. The fourth-order valence-electron chi connectivity index (χ4n) is 2.56. The molecule has 1 fully saturated rings. The Bertz CT molecular complexity index is 444. The van der Waals surface area contributed by atoms with Crippen molar-refractivity contribution in [3.63, 3.8) is 0 Å². The minimum absolute atomic E-state index is 0.00289. The van der Waals surface area contributed by atoms with Gasteiger partial charge in [0.2, 0.25) is 5.91 Å². The predicted molar refractivity (Wildman–Crippen MR) is 78.2 cm³/mol. The van der Waals surface area contributed by atoms with Gasteiger partial charge < -0.3 is 10.2 Å². The Morgan fingerprint density at radius 1 is 1.47 bits per heavy atom. The van der Waals surface area contributed by atoms with Crippen molar-refractivity contribution >= 4 is 17.5 Å². The summed E-state index contributed by atoms with van der Waals surface area (Å²) in [6.07, 6.45) is 2.05. The van der Waals surface area contributed by atoms with Crippen LogP contribution in [0.25, 0.3) is 0 Å². The molecule has 1 heterocycles. The number of hydrogen-bond acceptors (Lipinski definition) is 2. The molecule has 0 unspecified atom stereocenters. The molecule has 0 saturated carbocycles. The molecule has 2 rings (SSSR count). The van der Waals surface area contributed by atoms with Crippen LogP contribution in [0.3, 0.4) is 0 Å². The van der Waals surface area contributed by atoms with Gasteiger partial charge in [-0.15, -0.1) is 0 Å². The number of nitrogens with one attached hydrogen (secondary N) is 1. The SMILES string of the molecule is C[C@H](c1ccccc1Cl)N(C)C(=O)[C@@H]1CCCNC1. The van der Waals surface area contributed by atoms with E-state index in [1.54, 1.807) is 0 Å². The fourth-order valence-corrected chi connectivity index (χ4v) is 2.86. The van der Waals surface area contributed by atoms with Gasteiger partial charge in [-0.2, -0.15) is 0 Å². The molecule has 1 aromatic rings. The average Bonchev–Trinajstić information content (AvgIpc) is 2.46. The first kappa shape index (κ1) is 14.4. The van der Waals surface area contributed by atoms with Gasteiger partial charge in [0.15, 0.2) is 0 Å². The normalized spacial score (nSPS) is 20.9. The molecule has 2 atom stereocenters. The first-order chi connectivity index (χ1) is 9.11. The summed E-state index contributed by atoms with van der Waals surface area (Å²) in [4.78, 5) is 14.3. The van der Waals surface area contributed by atoms with Crippen molar-refractivity contribution in [2.75, 3.05) is 20.1 Å². The second-order valence-electron chi connectivity index (χ2n) is 5.19. The number of carbonyl (C=O) groups is 1. The van der Waals surface area contributed by atoms with E-state index in [0.29, 0.717) is 0 Å². The molecule has 1 aliphatic heterocycles. The third-order valence-corrected chi connectivity index (χ3v) is 4.27. The zero-order valence-corrected chi connectivity index (χ0v) is 12.3. The largest absolute Gasteiger partial charge is 0.339 e. The van der Waals surface area contributed by atoms with E-state index in [0.717, 1.165) is 36.5 Å². The van der Waals surface area contributed by atoms with Gasteiger partial charge in [-0.3, -0.25) is 4.79 Å². The highest BCUT2D eigenvalue weighted by Crippen LogP contribution is 2.27. The summed E-state index contributed by atoms with van der Waals surface area (Å²) in [6, 6.07) is 7.72. The Morgan fingerprint density at radius 3 is 2.84 bits per heavy atom. The lowest BCUT2D eigenvalue weighted by atomic mass is 9.97. The van der Waals surface area contributed by atoms with Crippen LogP contribution < -0.4 is 5.32 Å². The Balaban J connectivity index is 2.08. The molecule has 0 bridgehead atoms. The molecule has 0 radical (unpaired) electrons. The lowest BCUT2D eigenvalue weighted by Crippen LogP contribution is -2.42. The van der Waals surface area contributed by atoms with E-state index in [-0.39, 0.29) is 17.9 Å². The van der Waals surface area contributed by atoms with E-state index in [2.05, 4.69) is 5.32 Å². The van der Waals surface area contributed by atoms with Gasteiger partial charge in [0, 0.05) is 18.6 Å². The maximum atomic E-state index is 12.5. The van der Waals surface area contributed by atoms with E-state index in [9.17, 15) is 4.79 Å². The van der Waals surface area contributed by atoms with Gasteiger partial charge in [0.05, 0.1) is 12.0 Å². The molecule has 0 aliphatic carbocycles. The molecule has 3 nitrogen and oxygen atoms in total. The lowest BCUT2D eigenvalue weighted by molar-refractivity contribution is -0.136. The Morgan fingerprint density at radius 2 is 2.21 bits per heavy atom. The second kappa shape index (κ2) is 6.40. The summed E-state index contributed by atoms with van der Waals surface area (Å²) in [7, 11) is 1.87. The van der Waals surface area contributed by atoms with E-state index in [1.165, 1.54) is 0 Å². The van der Waals surface area contributed by atoms with Crippen LogP contribution >= 0.6 is 11.6 Å². The number of amides is 1. The van der Waals surface area contributed by atoms with E-state index < -0.39 is 0 Å². The van der Waals surface area contributed by atoms with Gasteiger partial charge in [-0.05, 0) is 37.9 Å². The van der Waals surface area contributed by atoms with Crippen LogP contribution in [-0.4, -0.2) is 30.9 Å². The van der Waals surface area contributed by atoms with Crippen LogP contribution in [0.2, 0.25) is 5.02 Å². The van der Waals surface area contributed by atoms with Gasteiger partial charge >= 0.3 is 0 Å². The molecule has 104 valence electrons. The van der Waals surface area contributed by atoms with Crippen molar-refractivity contribution in [2.24, 2.45) is 5.92 Å². The third kappa shape index (κ3) is 3.28. The molecule has 4 heteroatoms. The van der Waals surface area contributed by atoms with Crippen molar-refractivity contribution in [3.05, 3.63) is 34.9 Å². The summed E-state index contributed by atoms with van der Waals surface area (Å²) in [5.41, 5.74) is 1.00. The Labute approximate surface area is 119 Å². The van der Waals surface area contributed by atoms with Crippen molar-refractivity contribution in [2.45, 2.75) is 25.8 Å². The maximum absolute atomic E-state index is 12.5. The quantitative estimate of drug-likeness (QED) is 0.923.